The molecule has 0 aliphatic rings. The van der Waals surface area contributed by atoms with Crippen molar-refractivity contribution in [3.05, 3.63) is 63.4 Å². The van der Waals surface area contributed by atoms with Crippen LogP contribution in [-0.2, 0) is 0 Å². The molecule has 1 heterocycles. The van der Waals surface area contributed by atoms with E-state index in [1.54, 1.807) is 6.08 Å². The number of thiophene rings is 1. The number of carbonyl (C=O) groups excluding carboxylic acids is 1. The molecule has 1 amide bonds. The molecule has 0 fully saturated rings. The van der Waals surface area contributed by atoms with E-state index in [1.165, 1.54) is 17.6 Å². The van der Waals surface area contributed by atoms with Crippen molar-refractivity contribution in [1.82, 2.24) is 5.32 Å². The van der Waals surface area contributed by atoms with Crippen LogP contribution < -0.4 is 16.4 Å². The molecule has 0 unspecified atom stereocenters. The number of rotatable bonds is 7. The third-order valence-electron chi connectivity index (χ3n) is 3.77. The second-order valence-electron chi connectivity index (χ2n) is 5.33. The second-order valence-corrected chi connectivity index (χ2v) is 6.59. The average Bonchev–Trinajstić information content (AvgIpc) is 3.00. The largest absolute Gasteiger partial charge is 0.343 e. The topological polar surface area (TPSA) is 95.6 Å². The predicted molar refractivity (Wildman–Crippen MR) is 99.4 cm³/mol. The third-order valence-corrected chi connectivity index (χ3v) is 4.82. The minimum Gasteiger partial charge on any atom is -0.343 e. The number of hydrogen-bond donors (Lipinski definition) is 4. The molecule has 0 bridgehead atoms. The summed E-state index contributed by atoms with van der Waals surface area (Å²) in [4.78, 5) is 14.3. The van der Waals surface area contributed by atoms with Gasteiger partial charge in [-0.3, -0.25) is 4.79 Å². The van der Waals surface area contributed by atoms with Gasteiger partial charge >= 0.3 is 0 Å². The minimum atomic E-state index is -0.209. The van der Waals surface area contributed by atoms with Crippen LogP contribution in [0.4, 0.5) is 0 Å². The number of hydrogen-bond acceptors (Lipinski definition) is 4. The van der Waals surface area contributed by atoms with Gasteiger partial charge in [0.05, 0.1) is 18.0 Å². The molecule has 1 atom stereocenters. The van der Waals surface area contributed by atoms with Gasteiger partial charge in [0.15, 0.2) is 0 Å². The highest BCUT2D eigenvalue weighted by atomic mass is 32.1. The highest BCUT2D eigenvalue weighted by Crippen LogP contribution is 2.25. The molecule has 5 nitrogen and oxygen atoms in total. The van der Waals surface area contributed by atoms with Crippen LogP contribution in [0.3, 0.4) is 0 Å². The number of amides is 1. The summed E-state index contributed by atoms with van der Waals surface area (Å²) in [6.45, 7) is 2.32. The molecule has 0 spiro atoms. The van der Waals surface area contributed by atoms with E-state index < -0.39 is 0 Å². The van der Waals surface area contributed by atoms with E-state index in [4.69, 9.17) is 11.1 Å². The Morgan fingerprint density at radius 1 is 1.42 bits per heavy atom. The molecule has 1 aromatic carbocycles. The van der Waals surface area contributed by atoms with E-state index >= 15 is 0 Å². The van der Waals surface area contributed by atoms with Gasteiger partial charge < -0.3 is 21.8 Å². The molecule has 0 saturated heterocycles. The van der Waals surface area contributed by atoms with Gasteiger partial charge in [-0.15, -0.1) is 11.3 Å². The molecule has 0 aliphatic carbocycles. The Kier molecular flexibility index (Phi) is 6.43. The van der Waals surface area contributed by atoms with Crippen LogP contribution in [0.15, 0.2) is 42.5 Å². The third kappa shape index (κ3) is 4.17. The standard InChI is InChI=1S/C18H22N4OS/c1-12-14(15(21-2)8-9-19)10-17(24-12)18(23)22-16(11-20)13-6-4-3-5-7-13/h3-10,16,19,21H,11,20H2,1-2H3,(H,22,23)/p+1/b15-8-,19-9?/t16-/m1/s1. The zero-order valence-electron chi connectivity index (χ0n) is 13.9. The van der Waals surface area contributed by atoms with E-state index in [1.807, 2.05) is 55.7 Å². The lowest BCUT2D eigenvalue weighted by Gasteiger charge is -2.16. The smallest absolute Gasteiger partial charge is 0.261 e. The lowest BCUT2D eigenvalue weighted by Crippen LogP contribution is -2.76. The second kappa shape index (κ2) is 8.54. The maximum absolute atomic E-state index is 12.6. The molecule has 2 aromatic rings. The summed E-state index contributed by atoms with van der Waals surface area (Å²) in [5.41, 5.74) is 8.75. The Morgan fingerprint density at radius 2 is 2.12 bits per heavy atom. The number of nitrogens with one attached hydrogen (secondary N) is 2. The van der Waals surface area contributed by atoms with Crippen LogP contribution in [0.2, 0.25) is 0 Å². The first-order chi connectivity index (χ1) is 11.6. The Hall–Kier alpha value is -2.28. The summed E-state index contributed by atoms with van der Waals surface area (Å²) < 4.78 is 0. The Bertz CT molecular complexity index is 737. The SMILES string of the molecule is C[NH2+]/C(=C\C=N)c1cc(C(=O)N[C@H](CN)c2ccccc2)sc1C. The van der Waals surface area contributed by atoms with E-state index in [0.717, 1.165) is 21.7 Å². The number of carbonyl (C=O) groups is 1. The molecule has 2 rings (SSSR count). The van der Waals surface area contributed by atoms with Crippen molar-refractivity contribution < 1.29 is 10.1 Å². The summed E-state index contributed by atoms with van der Waals surface area (Å²) >= 11 is 1.45. The fourth-order valence-electron chi connectivity index (χ4n) is 2.50. The van der Waals surface area contributed by atoms with Crippen LogP contribution in [0.1, 0.15) is 31.7 Å². The predicted octanol–water partition coefficient (Wildman–Crippen LogP) is 1.67. The first-order valence-electron chi connectivity index (χ1n) is 7.77. The molecule has 0 radical (unpaired) electrons. The van der Waals surface area contributed by atoms with Gasteiger partial charge in [0.25, 0.3) is 5.91 Å². The van der Waals surface area contributed by atoms with E-state index in [-0.39, 0.29) is 11.9 Å². The summed E-state index contributed by atoms with van der Waals surface area (Å²) in [7, 11) is 1.92. The fourth-order valence-corrected chi connectivity index (χ4v) is 3.45. The molecule has 0 saturated carbocycles. The van der Waals surface area contributed by atoms with E-state index in [2.05, 4.69) is 5.32 Å². The molecule has 6 heteroatoms. The van der Waals surface area contributed by atoms with Crippen LogP contribution in [0, 0.1) is 12.3 Å². The molecule has 126 valence electrons. The van der Waals surface area contributed by atoms with Crippen LogP contribution in [0.5, 0.6) is 0 Å². The Balaban J connectivity index is 2.21. The quantitative estimate of drug-likeness (QED) is 0.576. The highest BCUT2D eigenvalue weighted by Gasteiger charge is 2.19. The molecule has 0 aliphatic heterocycles. The van der Waals surface area contributed by atoms with Gasteiger partial charge in [0, 0.05) is 29.3 Å². The van der Waals surface area contributed by atoms with Gasteiger partial charge in [-0.25, -0.2) is 0 Å². The lowest BCUT2D eigenvalue weighted by molar-refractivity contribution is -0.530. The molecular formula is C18H23N4OS+. The molecule has 24 heavy (non-hydrogen) atoms. The summed E-state index contributed by atoms with van der Waals surface area (Å²) in [5, 5.41) is 12.2. The van der Waals surface area contributed by atoms with Gasteiger partial charge in [-0.2, -0.15) is 0 Å². The van der Waals surface area contributed by atoms with Gasteiger partial charge in [0.1, 0.15) is 5.70 Å². The zero-order valence-corrected chi connectivity index (χ0v) is 14.7. The molecule has 6 N–H and O–H groups in total. The van der Waals surface area contributed by atoms with E-state index in [9.17, 15) is 4.79 Å². The number of aryl methyl sites for hydroxylation is 1. The number of quaternary nitrogens is 1. The monoisotopic (exact) mass is 343 g/mol. The Labute approximate surface area is 146 Å². The zero-order chi connectivity index (χ0) is 17.5. The maximum Gasteiger partial charge on any atom is 0.261 e. The number of nitrogens with two attached hydrogens (primary N) is 2. The minimum absolute atomic E-state index is 0.126. The van der Waals surface area contributed by atoms with Crippen LogP contribution in [0.25, 0.3) is 5.70 Å². The number of benzene rings is 1. The van der Waals surface area contributed by atoms with Crippen molar-refractivity contribution in [3.63, 3.8) is 0 Å². The lowest BCUT2D eigenvalue weighted by atomic mass is 10.1. The summed E-state index contributed by atoms with van der Waals surface area (Å²) in [6.07, 6.45) is 2.98. The molecule has 1 aromatic heterocycles. The molecular weight excluding hydrogens is 320 g/mol. The van der Waals surface area contributed by atoms with Gasteiger partial charge in [-0.1, -0.05) is 30.3 Å². The maximum atomic E-state index is 12.6. The first kappa shape index (κ1) is 18.1. The summed E-state index contributed by atoms with van der Waals surface area (Å²) in [6, 6.07) is 11.4. The van der Waals surface area contributed by atoms with Gasteiger partial charge in [0.2, 0.25) is 0 Å². The van der Waals surface area contributed by atoms with Crippen molar-refractivity contribution in [2.24, 2.45) is 5.73 Å². The van der Waals surface area contributed by atoms with Crippen molar-refractivity contribution in [2.45, 2.75) is 13.0 Å². The normalized spacial score (nSPS) is 12.7. The fraction of sp³-hybridized carbons (Fsp3) is 0.222. The Morgan fingerprint density at radius 3 is 2.71 bits per heavy atom. The first-order valence-corrected chi connectivity index (χ1v) is 8.59. The van der Waals surface area contributed by atoms with Crippen molar-refractivity contribution in [2.75, 3.05) is 13.6 Å². The highest BCUT2D eigenvalue weighted by molar-refractivity contribution is 7.14. The number of allylic oxidation sites excluding steroid dienone is 1. The van der Waals surface area contributed by atoms with Crippen molar-refractivity contribution in [1.29, 1.82) is 5.41 Å². The van der Waals surface area contributed by atoms with E-state index in [0.29, 0.717) is 11.4 Å². The average molecular weight is 343 g/mol. The van der Waals surface area contributed by atoms with Crippen molar-refractivity contribution >= 4 is 29.2 Å². The van der Waals surface area contributed by atoms with Crippen LogP contribution in [-0.4, -0.2) is 25.7 Å². The summed E-state index contributed by atoms with van der Waals surface area (Å²) in [5.74, 6) is -0.126. The van der Waals surface area contributed by atoms with Gasteiger partial charge in [-0.05, 0) is 18.6 Å². The van der Waals surface area contributed by atoms with Crippen molar-refractivity contribution in [3.8, 4) is 0 Å². The van der Waals surface area contributed by atoms with Crippen LogP contribution >= 0.6 is 11.3 Å².